The number of urea groups is 1. The molecule has 1 N–H and O–H groups in total. The van der Waals surface area contributed by atoms with Crippen molar-refractivity contribution in [1.29, 1.82) is 0 Å². The first kappa shape index (κ1) is 18.9. The molecule has 27 heavy (non-hydrogen) atoms. The maximum Gasteiger partial charge on any atom is 0.317 e. The van der Waals surface area contributed by atoms with Crippen molar-refractivity contribution in [2.45, 2.75) is 13.0 Å². The molecule has 0 saturated heterocycles. The van der Waals surface area contributed by atoms with Gasteiger partial charge in [-0.2, -0.15) is 5.10 Å². The number of halogens is 2. The molecule has 2 amide bonds. The van der Waals surface area contributed by atoms with Crippen molar-refractivity contribution in [2.24, 2.45) is 0 Å². The molecule has 0 fully saturated rings. The van der Waals surface area contributed by atoms with Gasteiger partial charge in [-0.25, -0.2) is 13.9 Å². The Morgan fingerprint density at radius 1 is 1.15 bits per heavy atom. The molecule has 0 aliphatic rings. The van der Waals surface area contributed by atoms with Gasteiger partial charge in [0, 0.05) is 36.9 Å². The van der Waals surface area contributed by atoms with Gasteiger partial charge >= 0.3 is 6.03 Å². The topological polar surface area (TPSA) is 50.2 Å². The van der Waals surface area contributed by atoms with E-state index < -0.39 is 0 Å². The quantitative estimate of drug-likeness (QED) is 0.694. The Labute approximate surface area is 162 Å². The zero-order valence-electron chi connectivity index (χ0n) is 14.9. The number of aromatic nitrogens is 2. The zero-order chi connectivity index (χ0) is 19.2. The summed E-state index contributed by atoms with van der Waals surface area (Å²) in [6.07, 6.45) is 4.24. The van der Waals surface area contributed by atoms with Crippen LogP contribution < -0.4 is 5.32 Å². The minimum atomic E-state index is -0.260. The fraction of sp³-hybridized carbons (Fsp3) is 0.200. The van der Waals surface area contributed by atoms with E-state index in [1.165, 1.54) is 12.1 Å². The third kappa shape index (κ3) is 5.31. The van der Waals surface area contributed by atoms with E-state index in [-0.39, 0.29) is 11.8 Å². The van der Waals surface area contributed by atoms with E-state index in [1.54, 1.807) is 47.1 Å². The van der Waals surface area contributed by atoms with Crippen molar-refractivity contribution in [1.82, 2.24) is 20.0 Å². The molecule has 140 valence electrons. The van der Waals surface area contributed by atoms with Crippen LogP contribution in [-0.2, 0) is 13.0 Å². The highest BCUT2D eigenvalue weighted by Crippen LogP contribution is 2.13. The van der Waals surface area contributed by atoms with Crippen molar-refractivity contribution >= 4 is 17.6 Å². The molecule has 0 unspecified atom stereocenters. The van der Waals surface area contributed by atoms with E-state index >= 15 is 0 Å². The molecule has 1 heterocycles. The summed E-state index contributed by atoms with van der Waals surface area (Å²) in [7, 11) is 1.73. The lowest BCUT2D eigenvalue weighted by atomic mass is 10.1. The summed E-state index contributed by atoms with van der Waals surface area (Å²) in [5.41, 5.74) is 2.78. The summed E-state index contributed by atoms with van der Waals surface area (Å²) in [5, 5.41) is 7.84. The lowest BCUT2D eigenvalue weighted by molar-refractivity contribution is 0.209. The second kappa shape index (κ2) is 8.68. The third-order valence-electron chi connectivity index (χ3n) is 4.17. The van der Waals surface area contributed by atoms with E-state index in [1.807, 2.05) is 18.3 Å². The van der Waals surface area contributed by atoms with Crippen LogP contribution in [0.25, 0.3) is 5.69 Å². The Morgan fingerprint density at radius 3 is 2.56 bits per heavy atom. The van der Waals surface area contributed by atoms with E-state index in [0.717, 1.165) is 16.8 Å². The van der Waals surface area contributed by atoms with Gasteiger partial charge < -0.3 is 10.2 Å². The molecule has 0 aliphatic heterocycles. The van der Waals surface area contributed by atoms with Crippen LogP contribution in [0.3, 0.4) is 0 Å². The van der Waals surface area contributed by atoms with Crippen LogP contribution in [0.15, 0.2) is 60.9 Å². The van der Waals surface area contributed by atoms with Crippen LogP contribution in [0.5, 0.6) is 0 Å². The van der Waals surface area contributed by atoms with Gasteiger partial charge in [-0.1, -0.05) is 23.7 Å². The average Bonchev–Trinajstić information content (AvgIpc) is 3.15. The van der Waals surface area contributed by atoms with E-state index in [9.17, 15) is 9.18 Å². The number of likely N-dealkylation sites (N-methyl/N-ethyl adjacent to an activating group) is 1. The van der Waals surface area contributed by atoms with Crippen molar-refractivity contribution in [3.05, 3.63) is 82.9 Å². The zero-order valence-corrected chi connectivity index (χ0v) is 15.7. The van der Waals surface area contributed by atoms with E-state index in [4.69, 9.17) is 11.6 Å². The predicted octanol–water partition coefficient (Wildman–Crippen LogP) is 4.05. The first-order valence-electron chi connectivity index (χ1n) is 8.54. The molecular formula is C20H20ClFN4O. The molecule has 0 atom stereocenters. The Balaban J connectivity index is 1.48. The number of amides is 2. The molecule has 5 nitrogen and oxygen atoms in total. The van der Waals surface area contributed by atoms with Gasteiger partial charge in [-0.3, -0.25) is 0 Å². The summed E-state index contributed by atoms with van der Waals surface area (Å²) in [5.74, 6) is -0.260. The minimum absolute atomic E-state index is 0.170. The van der Waals surface area contributed by atoms with Gasteiger partial charge in [0.15, 0.2) is 0 Å². The van der Waals surface area contributed by atoms with Gasteiger partial charge in [0.25, 0.3) is 0 Å². The number of carbonyl (C=O) groups is 1. The maximum absolute atomic E-state index is 12.9. The Hall–Kier alpha value is -2.86. The fourth-order valence-corrected chi connectivity index (χ4v) is 2.67. The molecule has 0 spiro atoms. The first-order chi connectivity index (χ1) is 13.0. The molecule has 1 aromatic heterocycles. The third-order valence-corrected chi connectivity index (χ3v) is 4.42. The second-order valence-electron chi connectivity index (χ2n) is 6.23. The summed E-state index contributed by atoms with van der Waals surface area (Å²) in [6, 6.07) is 13.5. The maximum atomic E-state index is 12.9. The van der Waals surface area contributed by atoms with Crippen LogP contribution in [0.4, 0.5) is 9.18 Å². The number of nitrogens with one attached hydrogen (secondary N) is 1. The Morgan fingerprint density at radius 2 is 1.85 bits per heavy atom. The summed E-state index contributed by atoms with van der Waals surface area (Å²) in [4.78, 5) is 13.8. The summed E-state index contributed by atoms with van der Waals surface area (Å²) >= 11 is 5.89. The molecule has 0 saturated carbocycles. The Kier molecular flexibility index (Phi) is 6.08. The predicted molar refractivity (Wildman–Crippen MR) is 104 cm³/mol. The largest absolute Gasteiger partial charge is 0.334 e. The number of rotatable bonds is 6. The highest BCUT2D eigenvalue weighted by molar-refractivity contribution is 6.30. The number of nitrogens with zero attached hydrogens (tertiary/aromatic N) is 3. The number of carbonyl (C=O) groups excluding carboxylic acids is 1. The molecule has 3 aromatic rings. The molecule has 3 rings (SSSR count). The van der Waals surface area contributed by atoms with Gasteiger partial charge in [0.05, 0.1) is 11.9 Å². The van der Waals surface area contributed by atoms with Crippen LogP contribution in [0, 0.1) is 5.82 Å². The van der Waals surface area contributed by atoms with Crippen molar-refractivity contribution in [3.63, 3.8) is 0 Å². The molecule has 0 radical (unpaired) electrons. The first-order valence-corrected chi connectivity index (χ1v) is 8.92. The van der Waals surface area contributed by atoms with Crippen molar-refractivity contribution in [2.75, 3.05) is 13.6 Å². The van der Waals surface area contributed by atoms with E-state index in [0.29, 0.717) is 24.5 Å². The summed E-state index contributed by atoms with van der Waals surface area (Å²) < 4.78 is 14.6. The lowest BCUT2D eigenvalue weighted by Crippen LogP contribution is -2.37. The SMILES string of the molecule is CN(CCc1ccc(F)cc1)C(=O)NCc1cnn(-c2ccc(Cl)cc2)c1. The van der Waals surface area contributed by atoms with Crippen molar-refractivity contribution < 1.29 is 9.18 Å². The lowest BCUT2D eigenvalue weighted by Gasteiger charge is -2.17. The monoisotopic (exact) mass is 386 g/mol. The minimum Gasteiger partial charge on any atom is -0.334 e. The van der Waals surface area contributed by atoms with Gasteiger partial charge in [-0.15, -0.1) is 0 Å². The highest BCUT2D eigenvalue weighted by atomic mass is 35.5. The molecule has 2 aromatic carbocycles. The standard InChI is InChI=1S/C20H20ClFN4O/c1-25(11-10-15-2-6-18(22)7-3-15)20(27)23-12-16-13-24-26(14-16)19-8-4-17(21)5-9-19/h2-9,13-14H,10-12H2,1H3,(H,23,27). The van der Waals surface area contributed by atoms with Gasteiger partial charge in [-0.05, 0) is 48.4 Å². The fourth-order valence-electron chi connectivity index (χ4n) is 2.55. The van der Waals surface area contributed by atoms with Crippen LogP contribution >= 0.6 is 11.6 Å². The molecular weight excluding hydrogens is 367 g/mol. The van der Waals surface area contributed by atoms with Crippen LogP contribution in [-0.4, -0.2) is 34.3 Å². The molecule has 7 heteroatoms. The highest BCUT2D eigenvalue weighted by Gasteiger charge is 2.09. The molecule has 0 bridgehead atoms. The summed E-state index contributed by atoms with van der Waals surface area (Å²) in [6.45, 7) is 0.925. The second-order valence-corrected chi connectivity index (χ2v) is 6.66. The molecule has 0 aliphatic carbocycles. The van der Waals surface area contributed by atoms with Crippen LogP contribution in [0.1, 0.15) is 11.1 Å². The van der Waals surface area contributed by atoms with Crippen molar-refractivity contribution in [3.8, 4) is 5.69 Å². The number of hydrogen-bond donors (Lipinski definition) is 1. The number of benzene rings is 2. The Bertz CT molecular complexity index is 893. The smallest absolute Gasteiger partial charge is 0.317 e. The van der Waals surface area contributed by atoms with Gasteiger partial charge in [0.1, 0.15) is 5.82 Å². The van der Waals surface area contributed by atoms with E-state index in [2.05, 4.69) is 10.4 Å². The van der Waals surface area contributed by atoms with Crippen LogP contribution in [0.2, 0.25) is 5.02 Å². The normalized spacial score (nSPS) is 10.6. The average molecular weight is 387 g/mol. The van der Waals surface area contributed by atoms with Gasteiger partial charge in [0.2, 0.25) is 0 Å². The number of hydrogen-bond acceptors (Lipinski definition) is 2.